The molecule has 0 radical (unpaired) electrons. The second kappa shape index (κ2) is 6.72. The monoisotopic (exact) mass is 316 g/mol. The summed E-state index contributed by atoms with van der Waals surface area (Å²) in [5.74, 6) is -0.135. The maximum Gasteiger partial charge on any atom is 0.211 e. The van der Waals surface area contributed by atoms with Crippen molar-refractivity contribution in [3.05, 3.63) is 29.6 Å². The zero-order valence-corrected chi connectivity index (χ0v) is 13.1. The van der Waals surface area contributed by atoms with Gasteiger partial charge in [-0.25, -0.2) is 17.1 Å². The Labute approximate surface area is 125 Å². The molecule has 118 valence electrons. The van der Waals surface area contributed by atoms with Gasteiger partial charge in [0.05, 0.1) is 13.4 Å². The summed E-state index contributed by atoms with van der Waals surface area (Å²) < 4.78 is 42.8. The number of nitrogens with one attached hydrogen (secondary N) is 1. The number of sulfonamides is 1. The maximum absolute atomic E-state index is 13.6. The Morgan fingerprint density at radius 2 is 2.05 bits per heavy atom. The van der Waals surface area contributed by atoms with Crippen LogP contribution < -0.4 is 10.1 Å². The number of benzene rings is 1. The third-order valence-corrected chi connectivity index (χ3v) is 5.04. The minimum atomic E-state index is -3.09. The van der Waals surface area contributed by atoms with Crippen LogP contribution >= 0.6 is 0 Å². The van der Waals surface area contributed by atoms with Gasteiger partial charge in [-0.05, 0) is 30.5 Å². The van der Waals surface area contributed by atoms with E-state index in [2.05, 4.69) is 5.32 Å². The average molecular weight is 316 g/mol. The molecule has 0 aliphatic carbocycles. The van der Waals surface area contributed by atoms with Gasteiger partial charge in [0, 0.05) is 25.7 Å². The highest BCUT2D eigenvalue weighted by Gasteiger charge is 2.24. The summed E-state index contributed by atoms with van der Waals surface area (Å²) in [5.41, 5.74) is 0.846. The summed E-state index contributed by atoms with van der Waals surface area (Å²) in [5, 5.41) is 3.35. The molecule has 5 nitrogen and oxygen atoms in total. The Bertz CT molecular complexity index is 584. The van der Waals surface area contributed by atoms with Gasteiger partial charge in [0.25, 0.3) is 0 Å². The summed E-state index contributed by atoms with van der Waals surface area (Å²) in [6, 6.07) is 5.14. The van der Waals surface area contributed by atoms with Gasteiger partial charge in [-0.2, -0.15) is 0 Å². The standard InChI is InChI=1S/C14H21FN2O3S/c1-20-14-4-3-11(9-13(14)15)10-16-12-5-7-17(8-6-12)21(2,18)19/h3-4,9,12,16H,5-8,10H2,1-2H3. The minimum Gasteiger partial charge on any atom is -0.494 e. The molecule has 0 spiro atoms. The lowest BCUT2D eigenvalue weighted by atomic mass is 10.1. The Morgan fingerprint density at radius 3 is 2.57 bits per heavy atom. The van der Waals surface area contributed by atoms with E-state index in [4.69, 9.17) is 4.74 Å². The molecule has 1 heterocycles. The molecule has 1 aliphatic heterocycles. The average Bonchev–Trinajstić information content (AvgIpc) is 2.45. The van der Waals surface area contributed by atoms with Crippen molar-refractivity contribution >= 4 is 10.0 Å². The molecule has 0 saturated carbocycles. The van der Waals surface area contributed by atoms with Crippen molar-refractivity contribution in [2.75, 3.05) is 26.5 Å². The van der Waals surface area contributed by atoms with Crippen LogP contribution in [0.3, 0.4) is 0 Å². The zero-order valence-electron chi connectivity index (χ0n) is 12.3. The van der Waals surface area contributed by atoms with Gasteiger partial charge >= 0.3 is 0 Å². The molecule has 1 aliphatic rings. The van der Waals surface area contributed by atoms with E-state index in [1.165, 1.54) is 23.7 Å². The molecule has 1 saturated heterocycles. The summed E-state index contributed by atoms with van der Waals surface area (Å²) in [6.07, 6.45) is 2.78. The summed E-state index contributed by atoms with van der Waals surface area (Å²) in [6.45, 7) is 1.63. The molecule has 0 amide bonds. The molecule has 0 unspecified atom stereocenters. The van der Waals surface area contributed by atoms with Crippen molar-refractivity contribution < 1.29 is 17.5 Å². The molecule has 0 aromatic heterocycles. The molecule has 0 atom stereocenters. The molecule has 1 fully saturated rings. The number of hydrogen-bond acceptors (Lipinski definition) is 4. The van der Waals surface area contributed by atoms with Crippen molar-refractivity contribution in [3.8, 4) is 5.75 Å². The topological polar surface area (TPSA) is 58.6 Å². The Kier molecular flexibility index (Phi) is 5.18. The lowest BCUT2D eigenvalue weighted by Crippen LogP contribution is -2.44. The number of halogens is 1. The van der Waals surface area contributed by atoms with E-state index >= 15 is 0 Å². The van der Waals surface area contributed by atoms with Gasteiger partial charge < -0.3 is 10.1 Å². The third-order valence-electron chi connectivity index (χ3n) is 3.73. The molecule has 1 N–H and O–H groups in total. The van der Waals surface area contributed by atoms with Gasteiger partial charge in [-0.15, -0.1) is 0 Å². The molecule has 1 aromatic carbocycles. The molecular weight excluding hydrogens is 295 g/mol. The number of methoxy groups -OCH3 is 1. The zero-order chi connectivity index (χ0) is 15.5. The van der Waals surface area contributed by atoms with Gasteiger partial charge in [0.1, 0.15) is 0 Å². The van der Waals surface area contributed by atoms with E-state index in [0.29, 0.717) is 19.6 Å². The van der Waals surface area contributed by atoms with Crippen LogP contribution in [0.5, 0.6) is 5.75 Å². The van der Waals surface area contributed by atoms with Crippen LogP contribution in [-0.2, 0) is 16.6 Å². The molecule has 2 rings (SSSR count). The fourth-order valence-corrected chi connectivity index (χ4v) is 3.35. The number of ether oxygens (including phenoxy) is 1. The SMILES string of the molecule is COc1ccc(CNC2CCN(S(C)(=O)=O)CC2)cc1F. The van der Waals surface area contributed by atoms with E-state index in [0.717, 1.165) is 18.4 Å². The Hall–Kier alpha value is -1.18. The van der Waals surface area contributed by atoms with Gasteiger partial charge in [-0.1, -0.05) is 6.07 Å². The fourth-order valence-electron chi connectivity index (χ4n) is 2.47. The van der Waals surface area contributed by atoms with Crippen LogP contribution in [0.1, 0.15) is 18.4 Å². The number of rotatable bonds is 5. The van der Waals surface area contributed by atoms with Crippen molar-refractivity contribution in [3.63, 3.8) is 0 Å². The van der Waals surface area contributed by atoms with Crippen LogP contribution in [0, 0.1) is 5.82 Å². The van der Waals surface area contributed by atoms with Crippen LogP contribution in [0.25, 0.3) is 0 Å². The van der Waals surface area contributed by atoms with E-state index < -0.39 is 10.0 Å². The fraction of sp³-hybridized carbons (Fsp3) is 0.571. The summed E-state index contributed by atoms with van der Waals surface area (Å²) in [7, 11) is -1.65. The quantitative estimate of drug-likeness (QED) is 0.891. The lowest BCUT2D eigenvalue weighted by Gasteiger charge is -2.30. The van der Waals surface area contributed by atoms with E-state index in [1.54, 1.807) is 6.07 Å². The summed E-state index contributed by atoms with van der Waals surface area (Å²) >= 11 is 0. The predicted octanol–water partition coefficient (Wildman–Crippen LogP) is 1.35. The summed E-state index contributed by atoms with van der Waals surface area (Å²) in [4.78, 5) is 0. The smallest absolute Gasteiger partial charge is 0.211 e. The molecule has 0 bridgehead atoms. The molecule has 21 heavy (non-hydrogen) atoms. The maximum atomic E-state index is 13.6. The Morgan fingerprint density at radius 1 is 1.38 bits per heavy atom. The van der Waals surface area contributed by atoms with Crippen molar-refractivity contribution in [1.82, 2.24) is 9.62 Å². The largest absolute Gasteiger partial charge is 0.494 e. The van der Waals surface area contributed by atoms with E-state index in [9.17, 15) is 12.8 Å². The van der Waals surface area contributed by atoms with Crippen LogP contribution in [0.15, 0.2) is 18.2 Å². The van der Waals surface area contributed by atoms with Crippen LogP contribution in [0.4, 0.5) is 4.39 Å². The van der Waals surface area contributed by atoms with E-state index in [1.807, 2.05) is 6.07 Å². The second-order valence-electron chi connectivity index (χ2n) is 5.29. The molecular formula is C14H21FN2O3S. The predicted molar refractivity (Wildman–Crippen MR) is 79.2 cm³/mol. The van der Waals surface area contributed by atoms with E-state index in [-0.39, 0.29) is 17.6 Å². The first-order chi connectivity index (χ1) is 9.90. The Balaban J connectivity index is 1.84. The van der Waals surface area contributed by atoms with Crippen LogP contribution in [0.2, 0.25) is 0 Å². The van der Waals surface area contributed by atoms with Crippen molar-refractivity contribution in [2.24, 2.45) is 0 Å². The highest BCUT2D eigenvalue weighted by Crippen LogP contribution is 2.18. The number of piperidine rings is 1. The third kappa shape index (κ3) is 4.39. The van der Waals surface area contributed by atoms with Crippen molar-refractivity contribution in [2.45, 2.75) is 25.4 Å². The second-order valence-corrected chi connectivity index (χ2v) is 7.27. The van der Waals surface area contributed by atoms with Crippen molar-refractivity contribution in [1.29, 1.82) is 0 Å². The molecule has 1 aromatic rings. The first-order valence-corrected chi connectivity index (χ1v) is 8.76. The first-order valence-electron chi connectivity index (χ1n) is 6.91. The van der Waals surface area contributed by atoms with Gasteiger partial charge in [0.15, 0.2) is 11.6 Å². The number of nitrogens with zero attached hydrogens (tertiary/aromatic N) is 1. The minimum absolute atomic E-state index is 0.236. The molecule has 7 heteroatoms. The first kappa shape index (κ1) is 16.2. The highest BCUT2D eigenvalue weighted by molar-refractivity contribution is 7.88. The lowest BCUT2D eigenvalue weighted by molar-refractivity contribution is 0.290. The highest BCUT2D eigenvalue weighted by atomic mass is 32.2. The normalized spacial score (nSPS) is 17.9. The van der Waals surface area contributed by atoms with Gasteiger partial charge in [0.2, 0.25) is 10.0 Å². The van der Waals surface area contributed by atoms with Gasteiger partial charge in [-0.3, -0.25) is 0 Å². The number of hydrogen-bond donors (Lipinski definition) is 1. The van der Waals surface area contributed by atoms with Crippen LogP contribution in [-0.4, -0.2) is 45.2 Å².